The average molecular weight is 627 g/mol. The van der Waals surface area contributed by atoms with Crippen molar-refractivity contribution in [2.45, 2.75) is 70.4 Å². The zero-order valence-corrected chi connectivity index (χ0v) is 25.8. The SMILES string of the molecule is Cc1cc2[nH]c(O[C@@H]3COC4C3OC[C@H]4O)nc2nc1-c1ccc(-c2ccc(N3Cc4cn(CC(C)(C)O)nc4C3)c(F)c2)cc1. The van der Waals surface area contributed by atoms with Crippen LogP contribution in [0.5, 0.6) is 6.01 Å². The second-order valence-electron chi connectivity index (χ2n) is 13.1. The van der Waals surface area contributed by atoms with E-state index >= 15 is 4.39 Å². The smallest absolute Gasteiger partial charge is 0.296 e. The maximum atomic E-state index is 15.4. The molecule has 0 spiro atoms. The number of benzene rings is 2. The Morgan fingerprint density at radius 1 is 1.00 bits per heavy atom. The number of hydrogen-bond donors (Lipinski definition) is 3. The second kappa shape index (κ2) is 10.9. The predicted molar refractivity (Wildman–Crippen MR) is 168 cm³/mol. The maximum absolute atomic E-state index is 15.4. The van der Waals surface area contributed by atoms with Crippen LogP contribution in [0.1, 0.15) is 30.7 Å². The van der Waals surface area contributed by atoms with E-state index in [2.05, 4.69) is 15.1 Å². The number of aliphatic hydroxyl groups excluding tert-OH is 1. The number of aryl methyl sites for hydroxylation is 1. The molecule has 2 saturated heterocycles. The van der Waals surface area contributed by atoms with Gasteiger partial charge in [-0.15, -0.1) is 0 Å². The lowest BCUT2D eigenvalue weighted by molar-refractivity contribution is 0.00706. The molecule has 46 heavy (non-hydrogen) atoms. The van der Waals surface area contributed by atoms with Gasteiger partial charge in [0.15, 0.2) is 11.8 Å². The molecular weight excluding hydrogens is 591 g/mol. The topological polar surface area (TPSA) is 131 Å². The number of aromatic nitrogens is 5. The number of aliphatic hydroxyl groups is 2. The molecule has 3 N–H and O–H groups in total. The van der Waals surface area contributed by atoms with Crippen LogP contribution in [0, 0.1) is 12.7 Å². The molecule has 3 aromatic heterocycles. The van der Waals surface area contributed by atoms with Gasteiger partial charge in [0.05, 0.1) is 54.5 Å². The molecular formula is C34H35FN6O5. The van der Waals surface area contributed by atoms with Gasteiger partial charge in [-0.25, -0.2) is 9.37 Å². The number of anilines is 1. The number of halogens is 1. The molecule has 5 aromatic rings. The highest BCUT2D eigenvalue weighted by molar-refractivity contribution is 5.79. The van der Waals surface area contributed by atoms with Crippen LogP contribution in [0.25, 0.3) is 33.5 Å². The molecule has 2 unspecified atom stereocenters. The summed E-state index contributed by atoms with van der Waals surface area (Å²) in [5.74, 6) is -0.286. The van der Waals surface area contributed by atoms with Crippen LogP contribution < -0.4 is 9.64 Å². The van der Waals surface area contributed by atoms with E-state index in [0.717, 1.165) is 44.7 Å². The van der Waals surface area contributed by atoms with Crippen LogP contribution in [-0.4, -0.2) is 78.2 Å². The van der Waals surface area contributed by atoms with Crippen molar-refractivity contribution in [3.63, 3.8) is 0 Å². The number of nitrogens with one attached hydrogen (secondary N) is 1. The molecule has 0 aliphatic carbocycles. The number of rotatable bonds is 7. The number of hydrogen-bond acceptors (Lipinski definition) is 9. The molecule has 6 heterocycles. The Kier molecular flexibility index (Phi) is 6.87. The van der Waals surface area contributed by atoms with Gasteiger partial charge in [0.1, 0.15) is 24.1 Å². The number of aromatic amines is 1. The van der Waals surface area contributed by atoms with Gasteiger partial charge in [0.25, 0.3) is 6.01 Å². The van der Waals surface area contributed by atoms with Gasteiger partial charge < -0.3 is 34.3 Å². The van der Waals surface area contributed by atoms with E-state index in [-0.39, 0.29) is 30.7 Å². The minimum atomic E-state index is -0.852. The quantitative estimate of drug-likeness (QED) is 0.244. The van der Waals surface area contributed by atoms with Crippen LogP contribution >= 0.6 is 0 Å². The summed E-state index contributed by atoms with van der Waals surface area (Å²) in [5.41, 5.74) is 7.28. The molecule has 0 amide bonds. The van der Waals surface area contributed by atoms with Crippen molar-refractivity contribution in [2.24, 2.45) is 0 Å². The minimum absolute atomic E-state index is 0.234. The molecule has 3 aliphatic heterocycles. The molecule has 2 fully saturated rings. The number of pyridine rings is 1. The standard InChI is InChI=1S/C34H35FN6O5/c1-18-10-24-32(38-33(36-24)46-28-16-45-30-27(42)15-44-31(28)30)37-29(18)20-6-4-19(5-7-20)21-8-9-26(23(35)11-21)40-12-22-13-41(17-34(2,3)43)39-25(22)14-40/h4-11,13,27-28,30-31,42-43H,12,14-17H2,1-3H3,(H,36,37,38)/t27-,28-,30?,31?/m1/s1. The lowest BCUT2D eigenvalue weighted by Crippen LogP contribution is -2.34. The molecule has 238 valence electrons. The summed E-state index contributed by atoms with van der Waals surface area (Å²) in [4.78, 5) is 14.5. The summed E-state index contributed by atoms with van der Waals surface area (Å²) >= 11 is 0. The first-order valence-electron chi connectivity index (χ1n) is 15.5. The zero-order chi connectivity index (χ0) is 31.7. The summed E-state index contributed by atoms with van der Waals surface area (Å²) in [7, 11) is 0. The number of nitrogens with zero attached hydrogens (tertiary/aromatic N) is 5. The summed E-state index contributed by atoms with van der Waals surface area (Å²) in [5, 5.41) is 24.7. The Morgan fingerprint density at radius 3 is 2.52 bits per heavy atom. The van der Waals surface area contributed by atoms with Crippen LogP contribution in [0.2, 0.25) is 0 Å². The van der Waals surface area contributed by atoms with Gasteiger partial charge in [-0.2, -0.15) is 10.1 Å². The summed E-state index contributed by atoms with van der Waals surface area (Å²) in [6, 6.07) is 15.6. The molecule has 0 bridgehead atoms. The van der Waals surface area contributed by atoms with Gasteiger partial charge in [0.2, 0.25) is 0 Å². The molecule has 11 nitrogen and oxygen atoms in total. The van der Waals surface area contributed by atoms with Crippen LogP contribution in [-0.2, 0) is 29.1 Å². The highest BCUT2D eigenvalue weighted by atomic mass is 19.1. The lowest BCUT2D eigenvalue weighted by atomic mass is 10.0. The third-order valence-corrected chi connectivity index (χ3v) is 8.84. The Balaban J connectivity index is 0.965. The van der Waals surface area contributed by atoms with Gasteiger partial charge in [-0.1, -0.05) is 30.3 Å². The van der Waals surface area contributed by atoms with E-state index in [4.69, 9.17) is 19.2 Å². The Labute approximate surface area is 264 Å². The zero-order valence-electron chi connectivity index (χ0n) is 25.8. The molecule has 4 atom stereocenters. The monoisotopic (exact) mass is 626 g/mol. The fourth-order valence-corrected chi connectivity index (χ4v) is 6.68. The minimum Gasteiger partial charge on any atom is -0.456 e. The van der Waals surface area contributed by atoms with E-state index in [1.54, 1.807) is 24.6 Å². The van der Waals surface area contributed by atoms with Crippen molar-refractivity contribution in [3.8, 4) is 28.4 Å². The lowest BCUT2D eigenvalue weighted by Gasteiger charge is -2.20. The van der Waals surface area contributed by atoms with E-state index in [1.165, 1.54) is 0 Å². The van der Waals surface area contributed by atoms with Gasteiger partial charge in [-0.05, 0) is 55.7 Å². The normalized spacial score (nSPS) is 22.5. The highest BCUT2D eigenvalue weighted by Crippen LogP contribution is 2.34. The van der Waals surface area contributed by atoms with Crippen LogP contribution in [0.15, 0.2) is 54.7 Å². The highest BCUT2D eigenvalue weighted by Gasteiger charge is 2.48. The average Bonchev–Trinajstić information content (AvgIpc) is 3.81. The van der Waals surface area contributed by atoms with Crippen LogP contribution in [0.4, 0.5) is 10.1 Å². The van der Waals surface area contributed by atoms with Crippen molar-refractivity contribution < 1.29 is 28.8 Å². The van der Waals surface area contributed by atoms with Crippen molar-refractivity contribution in [2.75, 3.05) is 18.1 Å². The molecule has 8 rings (SSSR count). The maximum Gasteiger partial charge on any atom is 0.296 e. The number of fused-ring (bicyclic) bond motifs is 3. The fourth-order valence-electron chi connectivity index (χ4n) is 6.68. The molecule has 3 aliphatic rings. The number of imidazole rings is 1. The molecule has 2 aromatic carbocycles. The van der Waals surface area contributed by atoms with Gasteiger partial charge in [0, 0.05) is 23.9 Å². The van der Waals surface area contributed by atoms with Crippen molar-refractivity contribution >= 4 is 16.9 Å². The Hall–Kier alpha value is -4.36. The number of ether oxygens (including phenoxy) is 3. The van der Waals surface area contributed by atoms with Crippen molar-refractivity contribution in [3.05, 3.63) is 77.4 Å². The summed E-state index contributed by atoms with van der Waals surface area (Å²) in [6.07, 6.45) is 0.213. The van der Waals surface area contributed by atoms with Crippen LogP contribution in [0.3, 0.4) is 0 Å². The second-order valence-corrected chi connectivity index (χ2v) is 13.1. The molecule has 0 saturated carbocycles. The Bertz CT molecular complexity index is 1910. The first-order chi connectivity index (χ1) is 22.1. The van der Waals surface area contributed by atoms with Gasteiger partial charge in [-0.3, -0.25) is 4.68 Å². The molecule has 12 heteroatoms. The van der Waals surface area contributed by atoms with E-state index in [9.17, 15) is 10.2 Å². The number of H-pyrrole nitrogens is 1. The van der Waals surface area contributed by atoms with Crippen molar-refractivity contribution in [1.82, 2.24) is 24.7 Å². The molecule has 0 radical (unpaired) electrons. The largest absolute Gasteiger partial charge is 0.456 e. The summed E-state index contributed by atoms with van der Waals surface area (Å²) in [6.45, 7) is 7.55. The van der Waals surface area contributed by atoms with E-state index in [0.29, 0.717) is 43.6 Å². The first kappa shape index (κ1) is 29.1. The predicted octanol–water partition coefficient (Wildman–Crippen LogP) is 4.13. The fraction of sp³-hybridized carbons (Fsp3) is 0.382. The van der Waals surface area contributed by atoms with E-state index in [1.807, 2.05) is 60.5 Å². The summed E-state index contributed by atoms with van der Waals surface area (Å²) < 4.78 is 34.5. The third-order valence-electron chi connectivity index (χ3n) is 8.84. The van der Waals surface area contributed by atoms with Gasteiger partial charge >= 0.3 is 0 Å². The van der Waals surface area contributed by atoms with Crippen molar-refractivity contribution in [1.29, 1.82) is 0 Å². The Morgan fingerprint density at radius 2 is 1.76 bits per heavy atom. The van der Waals surface area contributed by atoms with E-state index < -0.39 is 11.7 Å². The third kappa shape index (κ3) is 5.30. The first-order valence-corrected chi connectivity index (χ1v) is 15.5.